The number of hydrogen-bond donors (Lipinski definition) is 0. The first kappa shape index (κ1) is 16.1. The molecule has 6 nitrogen and oxygen atoms in total. The van der Waals surface area contributed by atoms with Crippen LogP contribution in [0.3, 0.4) is 0 Å². The molecule has 27 heavy (non-hydrogen) atoms. The summed E-state index contributed by atoms with van der Waals surface area (Å²) >= 11 is 0. The molecule has 4 aromatic heterocycles. The van der Waals surface area contributed by atoms with Gasteiger partial charge in [-0.15, -0.1) is 0 Å². The molecule has 134 valence electrons. The zero-order valence-corrected chi connectivity index (χ0v) is 14.9. The van der Waals surface area contributed by atoms with Crippen LogP contribution in [0.25, 0.3) is 16.8 Å². The standard InChI is InChI=1S/C21H20N6/c1-3-16(11-22-8-1)13-26-10-7-19(14-26)21-24-20-6-5-18(15-27(20)25-21)17-4-2-9-23-12-17/h1-6,8-9,11-12,15,19H,7,10,13-14H2/t19-/m0/s1. The van der Waals surface area contributed by atoms with Crippen LogP contribution < -0.4 is 0 Å². The second kappa shape index (κ2) is 6.89. The van der Waals surface area contributed by atoms with Gasteiger partial charge in [0.25, 0.3) is 0 Å². The van der Waals surface area contributed by atoms with Gasteiger partial charge >= 0.3 is 0 Å². The second-order valence-corrected chi connectivity index (χ2v) is 7.01. The number of aromatic nitrogens is 5. The van der Waals surface area contributed by atoms with Gasteiger partial charge in [-0.3, -0.25) is 14.9 Å². The van der Waals surface area contributed by atoms with Gasteiger partial charge in [0.1, 0.15) is 0 Å². The largest absolute Gasteiger partial charge is 0.298 e. The van der Waals surface area contributed by atoms with Crippen molar-refractivity contribution in [2.24, 2.45) is 0 Å². The van der Waals surface area contributed by atoms with E-state index in [0.29, 0.717) is 5.92 Å². The maximum absolute atomic E-state index is 4.77. The van der Waals surface area contributed by atoms with Crippen molar-refractivity contribution in [2.75, 3.05) is 13.1 Å². The maximum atomic E-state index is 4.77. The molecule has 0 aromatic carbocycles. The van der Waals surface area contributed by atoms with Crippen LogP contribution in [-0.2, 0) is 6.54 Å². The molecule has 0 bridgehead atoms. The predicted octanol–water partition coefficient (Wildman–Crippen LogP) is 3.18. The summed E-state index contributed by atoms with van der Waals surface area (Å²) < 4.78 is 1.89. The third-order valence-electron chi connectivity index (χ3n) is 5.11. The van der Waals surface area contributed by atoms with Crippen molar-refractivity contribution < 1.29 is 0 Å². The number of rotatable bonds is 4. The first-order valence-corrected chi connectivity index (χ1v) is 9.23. The number of fused-ring (bicyclic) bond motifs is 1. The lowest BCUT2D eigenvalue weighted by Crippen LogP contribution is -2.20. The van der Waals surface area contributed by atoms with Crippen LogP contribution >= 0.6 is 0 Å². The number of hydrogen-bond acceptors (Lipinski definition) is 5. The Morgan fingerprint density at radius 3 is 2.67 bits per heavy atom. The van der Waals surface area contributed by atoms with E-state index in [2.05, 4.69) is 33.1 Å². The van der Waals surface area contributed by atoms with Gasteiger partial charge in [-0.2, -0.15) is 5.10 Å². The summed E-state index contributed by atoms with van der Waals surface area (Å²) in [5.74, 6) is 1.32. The Labute approximate surface area is 157 Å². The Hall–Kier alpha value is -3.12. The van der Waals surface area contributed by atoms with Gasteiger partial charge in [-0.1, -0.05) is 12.1 Å². The van der Waals surface area contributed by atoms with E-state index in [0.717, 1.165) is 48.7 Å². The van der Waals surface area contributed by atoms with Crippen LogP contribution in [0.2, 0.25) is 0 Å². The van der Waals surface area contributed by atoms with Crippen LogP contribution in [0.5, 0.6) is 0 Å². The molecule has 1 saturated heterocycles. The van der Waals surface area contributed by atoms with Crippen molar-refractivity contribution in [3.8, 4) is 11.1 Å². The predicted molar refractivity (Wildman–Crippen MR) is 103 cm³/mol. The van der Waals surface area contributed by atoms with Gasteiger partial charge in [0.05, 0.1) is 0 Å². The summed E-state index contributed by atoms with van der Waals surface area (Å²) in [6, 6.07) is 12.2. The number of pyridine rings is 3. The monoisotopic (exact) mass is 356 g/mol. The third-order valence-corrected chi connectivity index (χ3v) is 5.11. The Balaban J connectivity index is 1.35. The summed E-state index contributed by atoms with van der Waals surface area (Å²) in [5, 5.41) is 4.77. The maximum Gasteiger partial charge on any atom is 0.156 e. The van der Waals surface area contributed by atoms with Gasteiger partial charge in [0, 0.05) is 61.1 Å². The van der Waals surface area contributed by atoms with Gasteiger partial charge in [0.2, 0.25) is 0 Å². The average molecular weight is 356 g/mol. The molecule has 4 aromatic rings. The Morgan fingerprint density at radius 1 is 0.963 bits per heavy atom. The van der Waals surface area contributed by atoms with Crippen LogP contribution in [0.1, 0.15) is 23.7 Å². The highest BCUT2D eigenvalue weighted by molar-refractivity contribution is 5.63. The van der Waals surface area contributed by atoms with Crippen LogP contribution in [0.15, 0.2) is 67.4 Å². The van der Waals surface area contributed by atoms with E-state index in [1.54, 1.807) is 6.20 Å². The Morgan fingerprint density at radius 2 is 1.85 bits per heavy atom. The first-order chi connectivity index (χ1) is 13.3. The molecular weight excluding hydrogens is 336 g/mol. The average Bonchev–Trinajstić information content (AvgIpc) is 3.35. The van der Waals surface area contributed by atoms with Crippen molar-refractivity contribution in [1.29, 1.82) is 0 Å². The lowest BCUT2D eigenvalue weighted by Gasteiger charge is -2.14. The highest BCUT2D eigenvalue weighted by atomic mass is 15.3. The Bertz CT molecular complexity index is 1040. The van der Waals surface area contributed by atoms with Crippen molar-refractivity contribution in [1.82, 2.24) is 29.5 Å². The summed E-state index contributed by atoms with van der Waals surface area (Å²) in [5.41, 5.74) is 4.32. The minimum Gasteiger partial charge on any atom is -0.298 e. The highest BCUT2D eigenvalue weighted by Gasteiger charge is 2.27. The molecule has 0 amide bonds. The normalized spacial score (nSPS) is 17.6. The molecule has 0 spiro atoms. The quantitative estimate of drug-likeness (QED) is 0.562. The fraction of sp³-hybridized carbons (Fsp3) is 0.238. The highest BCUT2D eigenvalue weighted by Crippen LogP contribution is 2.27. The minimum atomic E-state index is 0.378. The molecule has 5 rings (SSSR count). The summed E-state index contributed by atoms with van der Waals surface area (Å²) in [7, 11) is 0. The molecule has 0 aliphatic carbocycles. The molecule has 1 aliphatic heterocycles. The Kier molecular flexibility index (Phi) is 4.10. The fourth-order valence-electron chi connectivity index (χ4n) is 3.71. The summed E-state index contributed by atoms with van der Waals surface area (Å²) in [6.07, 6.45) is 10.5. The van der Waals surface area contributed by atoms with Crippen molar-refractivity contribution >= 4 is 5.65 Å². The zero-order valence-electron chi connectivity index (χ0n) is 14.9. The molecule has 1 atom stereocenters. The van der Waals surface area contributed by atoms with Crippen LogP contribution in [0, 0.1) is 0 Å². The molecule has 5 heterocycles. The fourth-order valence-corrected chi connectivity index (χ4v) is 3.71. The molecule has 0 saturated carbocycles. The van der Waals surface area contributed by atoms with Gasteiger partial charge < -0.3 is 0 Å². The summed E-state index contributed by atoms with van der Waals surface area (Å²) in [4.78, 5) is 15.6. The lowest BCUT2D eigenvalue weighted by atomic mass is 10.1. The van der Waals surface area contributed by atoms with Crippen molar-refractivity contribution in [2.45, 2.75) is 18.9 Å². The summed E-state index contributed by atoms with van der Waals surface area (Å²) in [6.45, 7) is 2.99. The zero-order chi connectivity index (χ0) is 18.1. The topological polar surface area (TPSA) is 59.2 Å². The van der Waals surface area contributed by atoms with Gasteiger partial charge in [0.15, 0.2) is 11.5 Å². The first-order valence-electron chi connectivity index (χ1n) is 9.23. The molecule has 1 fully saturated rings. The molecule has 0 unspecified atom stereocenters. The van der Waals surface area contributed by atoms with Crippen molar-refractivity contribution in [3.63, 3.8) is 0 Å². The molecule has 0 N–H and O–H groups in total. The second-order valence-electron chi connectivity index (χ2n) is 7.01. The van der Waals surface area contributed by atoms with Gasteiger partial charge in [-0.25, -0.2) is 9.50 Å². The van der Waals surface area contributed by atoms with Crippen molar-refractivity contribution in [3.05, 3.63) is 78.8 Å². The van der Waals surface area contributed by atoms with Crippen LogP contribution in [0.4, 0.5) is 0 Å². The smallest absolute Gasteiger partial charge is 0.156 e. The third kappa shape index (κ3) is 3.31. The number of nitrogens with zero attached hydrogens (tertiary/aromatic N) is 6. The van der Waals surface area contributed by atoms with E-state index in [4.69, 9.17) is 10.1 Å². The van der Waals surface area contributed by atoms with E-state index in [1.807, 2.05) is 47.5 Å². The van der Waals surface area contributed by atoms with Crippen LogP contribution in [-0.4, -0.2) is 42.6 Å². The van der Waals surface area contributed by atoms with Gasteiger partial charge in [-0.05, 0) is 42.8 Å². The minimum absolute atomic E-state index is 0.378. The molecule has 1 aliphatic rings. The van der Waals surface area contributed by atoms with E-state index in [1.165, 1.54) is 5.56 Å². The molecule has 6 heteroatoms. The van der Waals surface area contributed by atoms with E-state index in [9.17, 15) is 0 Å². The number of likely N-dealkylation sites (tertiary alicyclic amines) is 1. The van der Waals surface area contributed by atoms with E-state index < -0.39 is 0 Å². The molecular formula is C21H20N6. The van der Waals surface area contributed by atoms with E-state index in [-0.39, 0.29) is 0 Å². The van der Waals surface area contributed by atoms with E-state index >= 15 is 0 Å². The lowest BCUT2D eigenvalue weighted by molar-refractivity contribution is 0.325. The SMILES string of the molecule is c1cncc(CN2CC[C@H](c3nc4ccc(-c5cccnc5)cn4n3)C2)c1. The molecule has 0 radical (unpaired) electrons.